The van der Waals surface area contributed by atoms with Gasteiger partial charge in [0.15, 0.2) is 0 Å². The van der Waals surface area contributed by atoms with E-state index in [0.29, 0.717) is 12.1 Å². The summed E-state index contributed by atoms with van der Waals surface area (Å²) in [6.07, 6.45) is 0.592. The van der Waals surface area contributed by atoms with Gasteiger partial charge in [0.2, 0.25) is 5.91 Å². The topological polar surface area (TPSA) is 47.0 Å². The molecule has 3 heterocycles. The number of aliphatic hydroxyl groups excluding tert-OH is 1. The van der Waals surface area contributed by atoms with Gasteiger partial charge in [-0.05, 0) is 20.3 Å². The number of hydrogen-bond donors (Lipinski definition) is 1. The van der Waals surface area contributed by atoms with E-state index in [1.54, 1.807) is 6.92 Å². The lowest BCUT2D eigenvalue weighted by Crippen LogP contribution is -2.79. The van der Waals surface area contributed by atoms with Crippen LogP contribution in [-0.2, 0) is 4.79 Å². The first kappa shape index (κ1) is 13.3. The van der Waals surface area contributed by atoms with Crippen LogP contribution in [0.2, 0.25) is 0 Å². The Hall–Kier alpha value is -0.650. The second-order valence-electron chi connectivity index (χ2n) is 6.82. The van der Waals surface area contributed by atoms with Gasteiger partial charge in [0.05, 0.1) is 11.6 Å². The van der Waals surface area contributed by atoms with Crippen LogP contribution in [0, 0.1) is 0 Å². The zero-order valence-electron chi connectivity index (χ0n) is 12.2. The van der Waals surface area contributed by atoms with E-state index in [9.17, 15) is 9.90 Å². The van der Waals surface area contributed by atoms with Crippen LogP contribution in [0.4, 0.5) is 0 Å². The monoisotopic (exact) mass is 267 g/mol. The van der Waals surface area contributed by atoms with E-state index in [4.69, 9.17) is 0 Å². The van der Waals surface area contributed by atoms with Gasteiger partial charge >= 0.3 is 0 Å². The van der Waals surface area contributed by atoms with E-state index in [1.807, 2.05) is 4.90 Å². The molecule has 3 fully saturated rings. The van der Waals surface area contributed by atoms with Crippen molar-refractivity contribution in [1.29, 1.82) is 0 Å². The lowest BCUT2D eigenvalue weighted by atomic mass is 9.83. The molecule has 19 heavy (non-hydrogen) atoms. The van der Waals surface area contributed by atoms with E-state index < -0.39 is 0 Å². The van der Waals surface area contributed by atoms with Crippen LogP contribution in [0.25, 0.3) is 0 Å². The minimum absolute atomic E-state index is 0.0936. The number of aliphatic hydroxyl groups is 1. The molecule has 2 unspecified atom stereocenters. The fourth-order valence-corrected chi connectivity index (χ4v) is 4.01. The van der Waals surface area contributed by atoms with Gasteiger partial charge in [-0.1, -0.05) is 0 Å². The summed E-state index contributed by atoms with van der Waals surface area (Å²) in [7, 11) is 0. The molecule has 0 saturated carbocycles. The van der Waals surface area contributed by atoms with Crippen molar-refractivity contribution in [3.05, 3.63) is 0 Å². The summed E-state index contributed by atoms with van der Waals surface area (Å²) in [5, 5.41) is 9.95. The number of β-amino-alcohol motifs (C(OH)–C–C–N with tert-alkyl or cyclic N) is 1. The lowest BCUT2D eigenvalue weighted by molar-refractivity contribution is -0.150. The number of likely N-dealkylation sites (tertiary alicyclic amines) is 1. The van der Waals surface area contributed by atoms with E-state index in [1.165, 1.54) is 0 Å². The van der Waals surface area contributed by atoms with Crippen molar-refractivity contribution in [3.63, 3.8) is 0 Å². The molecule has 5 nitrogen and oxygen atoms in total. The van der Waals surface area contributed by atoms with Crippen molar-refractivity contribution in [1.82, 2.24) is 14.7 Å². The summed E-state index contributed by atoms with van der Waals surface area (Å²) in [6.45, 7) is 10.5. The Morgan fingerprint density at radius 2 is 1.95 bits per heavy atom. The molecule has 1 amide bonds. The molecule has 3 saturated heterocycles. The highest BCUT2D eigenvalue weighted by molar-refractivity contribution is 5.73. The number of fused-ring (bicyclic) bond motifs is 2. The number of nitrogens with zero attached hydrogens (tertiary/aromatic N) is 3. The summed E-state index contributed by atoms with van der Waals surface area (Å²) >= 11 is 0. The predicted octanol–water partition coefficient (Wildman–Crippen LogP) is -0.253. The predicted molar refractivity (Wildman–Crippen MR) is 72.8 cm³/mol. The zero-order chi connectivity index (χ0) is 13.8. The molecule has 0 aromatic carbocycles. The van der Waals surface area contributed by atoms with Crippen LogP contribution < -0.4 is 0 Å². The van der Waals surface area contributed by atoms with Crippen LogP contribution in [0.3, 0.4) is 0 Å². The minimum atomic E-state index is -0.220. The summed E-state index contributed by atoms with van der Waals surface area (Å²) in [6, 6.07) is 0.909. The van der Waals surface area contributed by atoms with Gasteiger partial charge in [-0.2, -0.15) is 0 Å². The molecule has 3 aliphatic rings. The number of hydrogen-bond acceptors (Lipinski definition) is 4. The highest BCUT2D eigenvalue weighted by Crippen LogP contribution is 2.39. The van der Waals surface area contributed by atoms with E-state index >= 15 is 0 Å². The first-order chi connectivity index (χ1) is 8.91. The number of amides is 1. The maximum Gasteiger partial charge on any atom is 0.219 e. The smallest absolute Gasteiger partial charge is 0.219 e. The molecular weight excluding hydrogens is 242 g/mol. The first-order valence-electron chi connectivity index (χ1n) is 7.36. The van der Waals surface area contributed by atoms with Crippen LogP contribution in [0.5, 0.6) is 0 Å². The Labute approximate surface area is 115 Å². The summed E-state index contributed by atoms with van der Waals surface area (Å²) in [5.74, 6) is 0.170. The van der Waals surface area contributed by atoms with Crippen LogP contribution in [0.1, 0.15) is 27.2 Å². The van der Waals surface area contributed by atoms with Crippen molar-refractivity contribution in [2.45, 2.75) is 50.9 Å². The van der Waals surface area contributed by atoms with Gasteiger partial charge in [0.1, 0.15) is 0 Å². The maximum absolute atomic E-state index is 11.7. The highest BCUT2D eigenvalue weighted by atomic mass is 16.3. The van der Waals surface area contributed by atoms with E-state index in [2.05, 4.69) is 23.6 Å². The van der Waals surface area contributed by atoms with Gasteiger partial charge in [-0.3, -0.25) is 14.6 Å². The fourth-order valence-electron chi connectivity index (χ4n) is 4.01. The third kappa shape index (κ3) is 2.08. The molecule has 0 aromatic heterocycles. The van der Waals surface area contributed by atoms with E-state index in [-0.39, 0.29) is 17.6 Å². The maximum atomic E-state index is 11.7. The normalized spacial score (nSPS) is 34.7. The molecule has 1 spiro atoms. The molecule has 0 aromatic rings. The van der Waals surface area contributed by atoms with Crippen LogP contribution in [0.15, 0.2) is 0 Å². The molecule has 3 rings (SSSR count). The second-order valence-corrected chi connectivity index (χ2v) is 6.82. The summed E-state index contributed by atoms with van der Waals surface area (Å²) in [4.78, 5) is 18.7. The molecule has 3 aliphatic heterocycles. The van der Waals surface area contributed by atoms with Crippen molar-refractivity contribution >= 4 is 5.91 Å². The van der Waals surface area contributed by atoms with Gasteiger partial charge in [-0.25, -0.2) is 0 Å². The van der Waals surface area contributed by atoms with Gasteiger partial charge in [-0.15, -0.1) is 0 Å². The Kier molecular flexibility index (Phi) is 3.11. The van der Waals surface area contributed by atoms with Crippen LogP contribution in [-0.4, -0.2) is 82.2 Å². The average Bonchev–Trinajstić information content (AvgIpc) is 2.64. The quantitative estimate of drug-likeness (QED) is 0.711. The molecule has 0 aliphatic carbocycles. The minimum Gasteiger partial charge on any atom is -0.392 e. The third-order valence-electron chi connectivity index (χ3n) is 5.09. The van der Waals surface area contributed by atoms with Gasteiger partial charge < -0.3 is 10.0 Å². The Bertz CT molecular complexity index is 379. The molecule has 5 heteroatoms. The Morgan fingerprint density at radius 1 is 1.26 bits per heavy atom. The number of piperazine rings is 1. The SMILES string of the molecule is CC(=O)N1CC2CC(O)CN2C2(C1)CN(C(C)C)C2. The Balaban J connectivity index is 1.79. The average molecular weight is 267 g/mol. The van der Waals surface area contributed by atoms with Crippen molar-refractivity contribution in [3.8, 4) is 0 Å². The molecule has 0 radical (unpaired) electrons. The van der Waals surface area contributed by atoms with Crippen LogP contribution >= 0.6 is 0 Å². The summed E-state index contributed by atoms with van der Waals surface area (Å²) < 4.78 is 0. The van der Waals surface area contributed by atoms with Gasteiger partial charge in [0, 0.05) is 51.7 Å². The molecular formula is C14H25N3O2. The fraction of sp³-hybridized carbons (Fsp3) is 0.929. The molecule has 0 bridgehead atoms. The Morgan fingerprint density at radius 3 is 2.53 bits per heavy atom. The highest BCUT2D eigenvalue weighted by Gasteiger charge is 2.56. The van der Waals surface area contributed by atoms with E-state index in [0.717, 1.165) is 39.1 Å². The van der Waals surface area contributed by atoms with Gasteiger partial charge in [0.25, 0.3) is 0 Å². The van der Waals surface area contributed by atoms with Crippen molar-refractivity contribution < 1.29 is 9.90 Å². The second kappa shape index (κ2) is 4.43. The molecule has 108 valence electrons. The summed E-state index contributed by atoms with van der Waals surface area (Å²) in [5.41, 5.74) is 0.0936. The van der Waals surface area contributed by atoms with Crippen molar-refractivity contribution in [2.75, 3.05) is 32.7 Å². The zero-order valence-corrected chi connectivity index (χ0v) is 12.2. The lowest BCUT2D eigenvalue weighted by Gasteiger charge is -2.62. The molecule has 1 N–H and O–H groups in total. The first-order valence-corrected chi connectivity index (χ1v) is 7.36. The standard InChI is InChI=1S/C14H25N3O2/c1-10(2)16-8-14(9-16)7-15(11(3)18)5-12-4-13(19)6-17(12)14/h10,12-13,19H,4-9H2,1-3H3. The largest absolute Gasteiger partial charge is 0.392 e. The third-order valence-corrected chi connectivity index (χ3v) is 5.09. The molecule has 2 atom stereocenters. The van der Waals surface area contributed by atoms with Crippen molar-refractivity contribution in [2.24, 2.45) is 0 Å². The number of rotatable bonds is 1. The number of carbonyl (C=O) groups excluding carboxylic acids is 1. The number of carbonyl (C=O) groups is 1.